The van der Waals surface area contributed by atoms with Crippen LogP contribution in [0.15, 0.2) is 33.7 Å². The highest BCUT2D eigenvalue weighted by atomic mass is 127. The summed E-state index contributed by atoms with van der Waals surface area (Å²) < 4.78 is 6.84. The summed E-state index contributed by atoms with van der Waals surface area (Å²) in [6, 6.07) is 7.87. The van der Waals surface area contributed by atoms with E-state index in [1.54, 1.807) is 0 Å². The van der Waals surface area contributed by atoms with E-state index >= 15 is 0 Å². The van der Waals surface area contributed by atoms with E-state index in [9.17, 15) is 0 Å². The van der Waals surface area contributed by atoms with Crippen molar-refractivity contribution < 1.29 is 4.74 Å². The molecule has 1 aliphatic rings. The average molecular weight is 440 g/mol. The highest BCUT2D eigenvalue weighted by Crippen LogP contribution is 2.18. The van der Waals surface area contributed by atoms with Gasteiger partial charge in [0.15, 0.2) is 5.96 Å². The van der Waals surface area contributed by atoms with E-state index in [4.69, 9.17) is 4.74 Å². The van der Waals surface area contributed by atoms with E-state index in [-0.39, 0.29) is 30.1 Å². The van der Waals surface area contributed by atoms with Gasteiger partial charge in [-0.25, -0.2) is 0 Å². The molecule has 0 amide bonds. The van der Waals surface area contributed by atoms with Crippen molar-refractivity contribution >= 4 is 45.9 Å². The topological polar surface area (TPSA) is 45.7 Å². The molecule has 1 aromatic carbocycles. The zero-order valence-electron chi connectivity index (χ0n) is 10.9. The molecule has 19 heavy (non-hydrogen) atoms. The van der Waals surface area contributed by atoms with Gasteiger partial charge in [-0.05, 0) is 31.5 Å². The van der Waals surface area contributed by atoms with E-state index < -0.39 is 0 Å². The smallest absolute Gasteiger partial charge is 0.191 e. The molecule has 2 rings (SSSR count). The molecule has 0 spiro atoms. The van der Waals surface area contributed by atoms with Crippen LogP contribution in [-0.4, -0.2) is 31.7 Å². The van der Waals surface area contributed by atoms with Gasteiger partial charge in [0, 0.05) is 17.6 Å². The van der Waals surface area contributed by atoms with Crippen LogP contribution in [-0.2, 0) is 0 Å². The van der Waals surface area contributed by atoms with Crippen molar-refractivity contribution in [2.45, 2.75) is 19.4 Å². The lowest BCUT2D eigenvalue weighted by atomic mass is 10.3. The molecule has 1 aliphatic heterocycles. The quantitative estimate of drug-likeness (QED) is 0.709. The SMILES string of the molecule is CC(CNC1=NCCCN1)Oc1cccc(Br)c1.I. The normalized spacial score (nSPS) is 15.6. The molecule has 1 aromatic rings. The highest BCUT2D eigenvalue weighted by Gasteiger charge is 2.07. The van der Waals surface area contributed by atoms with Crippen LogP contribution in [0.4, 0.5) is 0 Å². The van der Waals surface area contributed by atoms with E-state index in [0.717, 1.165) is 42.2 Å². The Hall–Kier alpha value is -0.500. The van der Waals surface area contributed by atoms with Crippen molar-refractivity contribution in [1.29, 1.82) is 0 Å². The van der Waals surface area contributed by atoms with Crippen LogP contribution >= 0.6 is 39.9 Å². The second kappa shape index (κ2) is 8.63. The lowest BCUT2D eigenvalue weighted by Gasteiger charge is -2.19. The molecule has 1 unspecified atom stereocenters. The van der Waals surface area contributed by atoms with Crippen molar-refractivity contribution in [3.05, 3.63) is 28.7 Å². The monoisotopic (exact) mass is 439 g/mol. The molecule has 0 bridgehead atoms. The molecule has 4 nitrogen and oxygen atoms in total. The number of ether oxygens (including phenoxy) is 1. The van der Waals surface area contributed by atoms with E-state index in [1.807, 2.05) is 31.2 Å². The molecule has 0 saturated heterocycles. The molecule has 106 valence electrons. The van der Waals surface area contributed by atoms with Gasteiger partial charge in [-0.3, -0.25) is 4.99 Å². The summed E-state index contributed by atoms with van der Waals surface area (Å²) in [5, 5.41) is 6.48. The Kier molecular flexibility index (Phi) is 7.52. The summed E-state index contributed by atoms with van der Waals surface area (Å²) in [5.74, 6) is 1.75. The first-order valence-corrected chi connectivity index (χ1v) is 6.98. The summed E-state index contributed by atoms with van der Waals surface area (Å²) in [4.78, 5) is 4.35. The summed E-state index contributed by atoms with van der Waals surface area (Å²) in [5.41, 5.74) is 0. The fraction of sp³-hybridized carbons (Fsp3) is 0.462. The van der Waals surface area contributed by atoms with Crippen LogP contribution in [0.25, 0.3) is 0 Å². The Morgan fingerprint density at radius 1 is 1.53 bits per heavy atom. The second-order valence-electron chi connectivity index (χ2n) is 4.28. The third-order valence-corrected chi connectivity index (χ3v) is 3.08. The molecule has 0 saturated carbocycles. The number of halogens is 2. The summed E-state index contributed by atoms with van der Waals surface area (Å²) in [6.07, 6.45) is 1.20. The molecule has 0 fully saturated rings. The minimum Gasteiger partial charge on any atom is -0.489 e. The maximum absolute atomic E-state index is 5.81. The number of benzene rings is 1. The lowest BCUT2D eigenvalue weighted by molar-refractivity contribution is 0.223. The Morgan fingerprint density at radius 3 is 3.05 bits per heavy atom. The third-order valence-electron chi connectivity index (χ3n) is 2.59. The van der Waals surface area contributed by atoms with Gasteiger partial charge in [0.25, 0.3) is 0 Å². The standard InChI is InChI=1S/C13H18BrN3O.HI/c1-10(9-17-13-15-6-3-7-16-13)18-12-5-2-4-11(14)8-12;/h2,4-5,8,10H,3,6-7,9H2,1H3,(H2,15,16,17);1H. The zero-order chi connectivity index (χ0) is 12.8. The summed E-state index contributed by atoms with van der Waals surface area (Å²) >= 11 is 3.43. The number of hydrogen-bond acceptors (Lipinski definition) is 4. The van der Waals surface area contributed by atoms with Crippen LogP contribution < -0.4 is 15.4 Å². The van der Waals surface area contributed by atoms with Crippen molar-refractivity contribution in [1.82, 2.24) is 10.6 Å². The van der Waals surface area contributed by atoms with Gasteiger partial charge < -0.3 is 15.4 Å². The van der Waals surface area contributed by atoms with Crippen LogP contribution in [0, 0.1) is 0 Å². The molecule has 1 atom stereocenters. The average Bonchev–Trinajstić information content (AvgIpc) is 2.38. The fourth-order valence-electron chi connectivity index (χ4n) is 1.71. The van der Waals surface area contributed by atoms with Gasteiger partial charge in [0.1, 0.15) is 11.9 Å². The van der Waals surface area contributed by atoms with Gasteiger partial charge in [-0.15, -0.1) is 24.0 Å². The molecular formula is C13H19BrIN3O. The summed E-state index contributed by atoms with van der Waals surface area (Å²) in [7, 11) is 0. The number of hydrogen-bond donors (Lipinski definition) is 2. The van der Waals surface area contributed by atoms with E-state index in [2.05, 4.69) is 31.6 Å². The Labute approximate surface area is 139 Å². The van der Waals surface area contributed by atoms with Gasteiger partial charge in [-0.1, -0.05) is 22.0 Å². The van der Waals surface area contributed by atoms with Crippen molar-refractivity contribution in [2.75, 3.05) is 19.6 Å². The third kappa shape index (κ3) is 5.99. The minimum atomic E-state index is 0. The maximum atomic E-state index is 5.81. The fourth-order valence-corrected chi connectivity index (χ4v) is 2.08. The summed E-state index contributed by atoms with van der Waals surface area (Å²) in [6.45, 7) is 4.67. The number of guanidine groups is 1. The van der Waals surface area contributed by atoms with Crippen LogP contribution in [0.1, 0.15) is 13.3 Å². The van der Waals surface area contributed by atoms with Crippen LogP contribution in [0.2, 0.25) is 0 Å². The predicted molar refractivity (Wildman–Crippen MR) is 92.6 cm³/mol. The number of rotatable bonds is 4. The van der Waals surface area contributed by atoms with Crippen LogP contribution in [0.3, 0.4) is 0 Å². The van der Waals surface area contributed by atoms with Crippen LogP contribution in [0.5, 0.6) is 5.75 Å². The zero-order valence-corrected chi connectivity index (χ0v) is 14.8. The number of aliphatic imine (C=N–C) groups is 1. The van der Waals surface area contributed by atoms with E-state index in [0.29, 0.717) is 0 Å². The van der Waals surface area contributed by atoms with Crippen molar-refractivity contribution in [3.63, 3.8) is 0 Å². The van der Waals surface area contributed by atoms with Crippen molar-refractivity contribution in [2.24, 2.45) is 4.99 Å². The van der Waals surface area contributed by atoms with Gasteiger partial charge in [-0.2, -0.15) is 0 Å². The first-order chi connectivity index (χ1) is 8.74. The molecule has 0 aliphatic carbocycles. The molecule has 0 aromatic heterocycles. The minimum absolute atomic E-state index is 0. The molecule has 2 N–H and O–H groups in total. The first kappa shape index (κ1) is 16.6. The van der Waals surface area contributed by atoms with Gasteiger partial charge in [0.05, 0.1) is 6.54 Å². The first-order valence-electron chi connectivity index (χ1n) is 6.18. The number of nitrogens with one attached hydrogen (secondary N) is 2. The largest absolute Gasteiger partial charge is 0.489 e. The predicted octanol–water partition coefficient (Wildman–Crippen LogP) is 2.77. The van der Waals surface area contributed by atoms with Gasteiger partial charge in [0.2, 0.25) is 0 Å². The maximum Gasteiger partial charge on any atom is 0.191 e. The van der Waals surface area contributed by atoms with Crippen molar-refractivity contribution in [3.8, 4) is 5.75 Å². The molecule has 6 heteroatoms. The Balaban J connectivity index is 0.00000180. The number of nitrogens with zero attached hydrogens (tertiary/aromatic N) is 1. The second-order valence-corrected chi connectivity index (χ2v) is 5.19. The molecule has 1 heterocycles. The molecular weight excluding hydrogens is 421 g/mol. The lowest BCUT2D eigenvalue weighted by Crippen LogP contribution is -2.44. The Morgan fingerprint density at radius 2 is 2.37 bits per heavy atom. The van der Waals surface area contributed by atoms with E-state index in [1.165, 1.54) is 0 Å². The highest BCUT2D eigenvalue weighted by molar-refractivity contribution is 14.0. The Bertz CT molecular complexity index is 428. The van der Waals surface area contributed by atoms with Gasteiger partial charge >= 0.3 is 0 Å². The molecule has 0 radical (unpaired) electrons.